The highest BCUT2D eigenvalue weighted by Crippen LogP contribution is 2.29. The molecule has 0 spiro atoms. The van der Waals surface area contributed by atoms with E-state index in [-0.39, 0.29) is 18.1 Å². The van der Waals surface area contributed by atoms with Gasteiger partial charge in [-0.25, -0.2) is 4.79 Å². The fraction of sp³-hybridized carbons (Fsp3) is 0.273. The van der Waals surface area contributed by atoms with Gasteiger partial charge in [0.15, 0.2) is 6.61 Å². The monoisotopic (exact) mass is 363 g/mol. The third kappa shape index (κ3) is 3.58. The molecule has 1 heterocycles. The Labute approximate surface area is 157 Å². The molecule has 1 aromatic heterocycles. The quantitative estimate of drug-likeness (QED) is 0.712. The van der Waals surface area contributed by atoms with Crippen molar-refractivity contribution in [2.24, 2.45) is 0 Å². The van der Waals surface area contributed by atoms with Crippen LogP contribution in [0.4, 0.5) is 5.69 Å². The third-order valence-corrected chi connectivity index (χ3v) is 4.98. The summed E-state index contributed by atoms with van der Waals surface area (Å²) in [6.07, 6.45) is 3.80. The maximum Gasteiger partial charge on any atom is 0.339 e. The molecule has 27 heavy (non-hydrogen) atoms. The highest BCUT2D eigenvalue weighted by Gasteiger charge is 2.18. The Balaban J connectivity index is 1.50. The number of anilines is 1. The zero-order chi connectivity index (χ0) is 18.8. The summed E-state index contributed by atoms with van der Waals surface area (Å²) in [5.74, 6) is 0.262. The Bertz CT molecular complexity index is 1070. The Morgan fingerprint density at radius 1 is 1.11 bits per heavy atom. The van der Waals surface area contributed by atoms with Crippen LogP contribution in [0.1, 0.15) is 29.5 Å². The molecule has 5 nitrogen and oxygen atoms in total. The predicted octanol–water partition coefficient (Wildman–Crippen LogP) is 4.00. The van der Waals surface area contributed by atoms with Crippen LogP contribution in [0.5, 0.6) is 5.75 Å². The number of rotatable bonds is 4. The normalized spacial score (nSPS) is 13.2. The highest BCUT2D eigenvalue weighted by molar-refractivity contribution is 5.92. The standard InChI is InChI=1S/C22H21NO4/c1-14-6-2-5-9-19(14)23-21(24)13-26-15-10-11-17-16-7-3-4-8-18(16)22(25)27-20(17)12-15/h2,5-6,9-12H,3-4,7-8,13H2,1H3,(H,23,24). The molecule has 5 heteroatoms. The third-order valence-electron chi connectivity index (χ3n) is 4.98. The molecule has 1 amide bonds. The lowest BCUT2D eigenvalue weighted by atomic mass is 9.91. The first kappa shape index (κ1) is 17.3. The number of hydrogen-bond donors (Lipinski definition) is 1. The minimum Gasteiger partial charge on any atom is -0.484 e. The van der Waals surface area contributed by atoms with Crippen molar-refractivity contribution in [2.45, 2.75) is 32.6 Å². The molecule has 0 unspecified atom stereocenters. The average Bonchev–Trinajstić information content (AvgIpc) is 2.68. The van der Waals surface area contributed by atoms with Crippen molar-refractivity contribution >= 4 is 22.6 Å². The molecule has 0 aliphatic heterocycles. The first-order valence-electron chi connectivity index (χ1n) is 9.19. The van der Waals surface area contributed by atoms with Crippen LogP contribution < -0.4 is 15.7 Å². The van der Waals surface area contributed by atoms with E-state index >= 15 is 0 Å². The van der Waals surface area contributed by atoms with Gasteiger partial charge in [-0.05, 0) is 61.9 Å². The van der Waals surface area contributed by atoms with E-state index in [0.717, 1.165) is 53.4 Å². The molecule has 1 aliphatic carbocycles. The molecule has 0 radical (unpaired) electrons. The second-order valence-electron chi connectivity index (χ2n) is 6.86. The van der Waals surface area contributed by atoms with Crippen molar-refractivity contribution in [3.8, 4) is 5.75 Å². The lowest BCUT2D eigenvalue weighted by Crippen LogP contribution is -2.20. The van der Waals surface area contributed by atoms with Gasteiger partial charge < -0.3 is 14.5 Å². The summed E-state index contributed by atoms with van der Waals surface area (Å²) in [5, 5.41) is 3.79. The van der Waals surface area contributed by atoms with Crippen LogP contribution in [0.3, 0.4) is 0 Å². The van der Waals surface area contributed by atoms with Gasteiger partial charge in [-0.1, -0.05) is 18.2 Å². The number of ether oxygens (including phenoxy) is 1. The van der Waals surface area contributed by atoms with Crippen LogP contribution in [-0.4, -0.2) is 12.5 Å². The van der Waals surface area contributed by atoms with Crippen molar-refractivity contribution in [3.63, 3.8) is 0 Å². The van der Waals surface area contributed by atoms with Gasteiger partial charge in [0.1, 0.15) is 11.3 Å². The van der Waals surface area contributed by atoms with Crippen molar-refractivity contribution in [1.29, 1.82) is 0 Å². The van der Waals surface area contributed by atoms with Crippen LogP contribution in [0.2, 0.25) is 0 Å². The largest absolute Gasteiger partial charge is 0.484 e. The molecule has 138 valence electrons. The number of fused-ring (bicyclic) bond motifs is 3. The first-order chi connectivity index (χ1) is 13.1. The van der Waals surface area contributed by atoms with Crippen molar-refractivity contribution in [2.75, 3.05) is 11.9 Å². The second-order valence-corrected chi connectivity index (χ2v) is 6.86. The number of carbonyl (C=O) groups excluding carboxylic acids is 1. The van der Waals surface area contributed by atoms with E-state index in [1.807, 2.05) is 43.3 Å². The van der Waals surface area contributed by atoms with Crippen molar-refractivity contribution in [3.05, 3.63) is 69.6 Å². The summed E-state index contributed by atoms with van der Waals surface area (Å²) in [6, 6.07) is 13.0. The SMILES string of the molecule is Cc1ccccc1NC(=O)COc1ccc2c3c(c(=O)oc2c1)CCCC3. The van der Waals surface area contributed by atoms with Crippen molar-refractivity contribution in [1.82, 2.24) is 0 Å². The lowest BCUT2D eigenvalue weighted by molar-refractivity contribution is -0.118. The predicted molar refractivity (Wildman–Crippen MR) is 104 cm³/mol. The maximum absolute atomic E-state index is 12.2. The molecule has 1 aliphatic rings. The highest BCUT2D eigenvalue weighted by atomic mass is 16.5. The first-order valence-corrected chi connectivity index (χ1v) is 9.19. The van der Waals surface area contributed by atoms with E-state index in [2.05, 4.69) is 5.32 Å². The smallest absolute Gasteiger partial charge is 0.339 e. The molecule has 1 N–H and O–H groups in total. The van der Waals surface area contributed by atoms with Gasteiger partial charge in [0, 0.05) is 22.7 Å². The van der Waals surface area contributed by atoms with E-state index in [9.17, 15) is 9.59 Å². The Kier molecular flexibility index (Phi) is 4.67. The summed E-state index contributed by atoms with van der Waals surface area (Å²) in [7, 11) is 0. The average molecular weight is 363 g/mol. The van der Waals surface area contributed by atoms with E-state index < -0.39 is 0 Å². The van der Waals surface area contributed by atoms with Crippen molar-refractivity contribution < 1.29 is 13.9 Å². The zero-order valence-electron chi connectivity index (χ0n) is 15.2. The van der Waals surface area contributed by atoms with Gasteiger partial charge >= 0.3 is 5.63 Å². The van der Waals surface area contributed by atoms with Gasteiger partial charge in [-0.2, -0.15) is 0 Å². The van der Waals surface area contributed by atoms with E-state index in [1.165, 1.54) is 0 Å². The minimum atomic E-state index is -0.258. The van der Waals surface area contributed by atoms with Crippen LogP contribution in [-0.2, 0) is 17.6 Å². The molecule has 0 saturated heterocycles. The van der Waals surface area contributed by atoms with Gasteiger partial charge in [-0.3, -0.25) is 4.79 Å². The molecule has 2 aromatic carbocycles. The van der Waals surface area contributed by atoms with E-state index in [4.69, 9.17) is 9.15 Å². The maximum atomic E-state index is 12.2. The number of carbonyl (C=O) groups is 1. The Morgan fingerprint density at radius 3 is 2.70 bits per heavy atom. The number of benzene rings is 2. The van der Waals surface area contributed by atoms with E-state index in [0.29, 0.717) is 11.3 Å². The van der Waals surface area contributed by atoms with Crippen LogP contribution in [0.15, 0.2) is 51.7 Å². The molecule has 4 rings (SSSR count). The van der Waals surface area contributed by atoms with Gasteiger partial charge in [0.2, 0.25) is 0 Å². The molecule has 0 atom stereocenters. The van der Waals surface area contributed by atoms with E-state index in [1.54, 1.807) is 6.07 Å². The fourth-order valence-corrected chi connectivity index (χ4v) is 3.56. The molecule has 0 saturated carbocycles. The van der Waals surface area contributed by atoms with Crippen LogP contribution >= 0.6 is 0 Å². The summed E-state index contributed by atoms with van der Waals surface area (Å²) in [5.41, 5.74) is 3.91. The topological polar surface area (TPSA) is 68.5 Å². The molecule has 0 fully saturated rings. The summed E-state index contributed by atoms with van der Waals surface area (Å²) in [6.45, 7) is 1.82. The number of nitrogens with one attached hydrogen (secondary N) is 1. The fourth-order valence-electron chi connectivity index (χ4n) is 3.56. The van der Waals surface area contributed by atoms with Crippen LogP contribution in [0.25, 0.3) is 11.0 Å². The minimum absolute atomic E-state index is 0.116. The van der Waals surface area contributed by atoms with Gasteiger partial charge in [-0.15, -0.1) is 0 Å². The lowest BCUT2D eigenvalue weighted by Gasteiger charge is -2.16. The molecular weight excluding hydrogens is 342 g/mol. The summed E-state index contributed by atoms with van der Waals surface area (Å²) < 4.78 is 11.1. The number of aryl methyl sites for hydroxylation is 2. The summed E-state index contributed by atoms with van der Waals surface area (Å²) in [4.78, 5) is 24.4. The Hall–Kier alpha value is -3.08. The summed E-state index contributed by atoms with van der Waals surface area (Å²) >= 11 is 0. The number of amides is 1. The number of hydrogen-bond acceptors (Lipinski definition) is 4. The van der Waals surface area contributed by atoms with Crippen LogP contribution in [0, 0.1) is 6.92 Å². The van der Waals surface area contributed by atoms with Gasteiger partial charge in [0.25, 0.3) is 5.91 Å². The van der Waals surface area contributed by atoms with Gasteiger partial charge in [0.05, 0.1) is 0 Å². The zero-order valence-corrected chi connectivity index (χ0v) is 15.2. The second kappa shape index (κ2) is 7.27. The molecule has 0 bridgehead atoms. The molecular formula is C22H21NO4. The Morgan fingerprint density at radius 2 is 1.89 bits per heavy atom. The number of para-hydroxylation sites is 1. The molecule has 3 aromatic rings.